The van der Waals surface area contributed by atoms with Crippen LogP contribution in [0.2, 0.25) is 0 Å². The van der Waals surface area contributed by atoms with Crippen LogP contribution >= 0.6 is 0 Å². The van der Waals surface area contributed by atoms with E-state index in [1.54, 1.807) is 19.1 Å². The molecule has 2 aromatic heterocycles. The van der Waals surface area contributed by atoms with Crippen LogP contribution in [0.25, 0.3) is 0 Å². The van der Waals surface area contributed by atoms with Crippen molar-refractivity contribution in [2.45, 2.75) is 32.3 Å². The molecule has 1 N–H and O–H groups in total. The highest BCUT2D eigenvalue weighted by molar-refractivity contribution is 5.93. The van der Waals surface area contributed by atoms with E-state index in [4.69, 9.17) is 14.0 Å². The fraction of sp³-hybridized carbons (Fsp3) is 0.500. The van der Waals surface area contributed by atoms with Crippen LogP contribution in [0.1, 0.15) is 34.9 Å². The number of aromatic nitrogens is 3. The van der Waals surface area contributed by atoms with Gasteiger partial charge in [0.25, 0.3) is 5.91 Å². The third-order valence-electron chi connectivity index (χ3n) is 3.60. The van der Waals surface area contributed by atoms with Gasteiger partial charge in [-0.25, -0.2) is 4.98 Å². The first-order chi connectivity index (χ1) is 11.7. The molecule has 1 aliphatic heterocycles. The Balaban J connectivity index is 1.41. The van der Waals surface area contributed by atoms with E-state index in [-0.39, 0.29) is 12.0 Å². The van der Waals surface area contributed by atoms with Crippen LogP contribution in [0.3, 0.4) is 0 Å². The van der Waals surface area contributed by atoms with Crippen molar-refractivity contribution >= 4 is 5.91 Å². The SMILES string of the molecule is Cc1noc(CCCNC(=O)c2ccc(OC3CCOC3)nc2)n1. The first kappa shape index (κ1) is 16.4. The van der Waals surface area contributed by atoms with Gasteiger partial charge >= 0.3 is 0 Å². The molecule has 3 heterocycles. The van der Waals surface area contributed by atoms with Gasteiger partial charge in [-0.15, -0.1) is 0 Å². The van der Waals surface area contributed by atoms with Crippen LogP contribution in [-0.2, 0) is 11.2 Å². The van der Waals surface area contributed by atoms with Crippen molar-refractivity contribution in [2.24, 2.45) is 0 Å². The van der Waals surface area contributed by atoms with E-state index in [1.165, 1.54) is 6.20 Å². The number of hydrogen-bond acceptors (Lipinski definition) is 7. The normalized spacial score (nSPS) is 17.0. The molecule has 24 heavy (non-hydrogen) atoms. The van der Waals surface area contributed by atoms with Crippen molar-refractivity contribution in [3.8, 4) is 5.88 Å². The number of hydrogen-bond donors (Lipinski definition) is 1. The summed E-state index contributed by atoms with van der Waals surface area (Å²) in [5.41, 5.74) is 0.499. The van der Waals surface area contributed by atoms with Crippen LogP contribution in [0.5, 0.6) is 5.88 Å². The Labute approximate surface area is 139 Å². The summed E-state index contributed by atoms with van der Waals surface area (Å²) in [4.78, 5) is 20.3. The fourth-order valence-electron chi connectivity index (χ4n) is 2.35. The fourth-order valence-corrected chi connectivity index (χ4v) is 2.35. The van der Waals surface area contributed by atoms with Gasteiger partial charge in [0.15, 0.2) is 5.82 Å². The lowest BCUT2D eigenvalue weighted by Crippen LogP contribution is -2.25. The van der Waals surface area contributed by atoms with Gasteiger partial charge in [-0.1, -0.05) is 5.16 Å². The van der Waals surface area contributed by atoms with E-state index in [0.29, 0.717) is 49.3 Å². The quantitative estimate of drug-likeness (QED) is 0.763. The Morgan fingerprint density at radius 3 is 3.04 bits per heavy atom. The van der Waals surface area contributed by atoms with Crippen molar-refractivity contribution in [2.75, 3.05) is 19.8 Å². The number of rotatable bonds is 7. The summed E-state index contributed by atoms with van der Waals surface area (Å²) in [6, 6.07) is 3.41. The molecule has 0 saturated carbocycles. The van der Waals surface area contributed by atoms with Gasteiger partial charge in [-0.3, -0.25) is 4.79 Å². The minimum absolute atomic E-state index is 0.0468. The molecule has 0 radical (unpaired) electrons. The monoisotopic (exact) mass is 332 g/mol. The van der Waals surface area contributed by atoms with E-state index in [1.807, 2.05) is 0 Å². The molecule has 1 fully saturated rings. The topological polar surface area (TPSA) is 99.4 Å². The predicted octanol–water partition coefficient (Wildman–Crippen LogP) is 1.30. The Kier molecular flexibility index (Phi) is 5.37. The average Bonchev–Trinajstić information content (AvgIpc) is 3.24. The number of carbonyl (C=O) groups is 1. The molecular weight excluding hydrogens is 312 g/mol. The second kappa shape index (κ2) is 7.87. The average molecular weight is 332 g/mol. The summed E-state index contributed by atoms with van der Waals surface area (Å²) >= 11 is 0. The van der Waals surface area contributed by atoms with Gasteiger partial charge in [0.1, 0.15) is 6.10 Å². The molecule has 0 aromatic carbocycles. The van der Waals surface area contributed by atoms with Gasteiger partial charge < -0.3 is 19.3 Å². The number of pyridine rings is 1. The Morgan fingerprint density at radius 2 is 2.38 bits per heavy atom. The summed E-state index contributed by atoms with van der Waals surface area (Å²) in [5.74, 6) is 1.54. The van der Waals surface area contributed by atoms with Crippen LogP contribution in [0, 0.1) is 6.92 Å². The molecule has 1 amide bonds. The van der Waals surface area contributed by atoms with Crippen LogP contribution in [0.4, 0.5) is 0 Å². The van der Waals surface area contributed by atoms with Crippen molar-refractivity contribution < 1.29 is 18.8 Å². The molecule has 3 rings (SSSR count). The molecule has 0 spiro atoms. The highest BCUT2D eigenvalue weighted by Gasteiger charge is 2.17. The van der Waals surface area contributed by atoms with Crippen molar-refractivity contribution in [3.05, 3.63) is 35.6 Å². The number of carbonyl (C=O) groups excluding carboxylic acids is 1. The van der Waals surface area contributed by atoms with E-state index < -0.39 is 0 Å². The van der Waals surface area contributed by atoms with Crippen molar-refractivity contribution in [1.82, 2.24) is 20.4 Å². The molecule has 0 aliphatic carbocycles. The van der Waals surface area contributed by atoms with Crippen molar-refractivity contribution in [1.29, 1.82) is 0 Å². The Hall–Kier alpha value is -2.48. The largest absolute Gasteiger partial charge is 0.472 e. The van der Waals surface area contributed by atoms with Gasteiger partial charge in [-0.2, -0.15) is 4.98 Å². The predicted molar refractivity (Wildman–Crippen MR) is 83.8 cm³/mol. The summed E-state index contributed by atoms with van der Waals surface area (Å²) in [6.07, 6.45) is 3.79. The standard InChI is InChI=1S/C16H20N4O4/c1-11-19-15(24-20-11)3-2-7-17-16(21)12-4-5-14(18-9-12)23-13-6-8-22-10-13/h4-5,9,13H,2-3,6-8,10H2,1H3,(H,17,21). The zero-order chi connectivity index (χ0) is 16.8. The molecule has 8 heteroatoms. The third kappa shape index (κ3) is 4.51. The van der Waals surface area contributed by atoms with E-state index in [9.17, 15) is 4.79 Å². The van der Waals surface area contributed by atoms with Crippen molar-refractivity contribution in [3.63, 3.8) is 0 Å². The summed E-state index contributed by atoms with van der Waals surface area (Å²) in [5, 5.41) is 6.56. The highest BCUT2D eigenvalue weighted by atomic mass is 16.5. The second-order valence-corrected chi connectivity index (χ2v) is 5.58. The molecule has 1 unspecified atom stereocenters. The molecular formula is C16H20N4O4. The van der Waals surface area contributed by atoms with Gasteiger partial charge in [-0.05, 0) is 19.4 Å². The number of amides is 1. The maximum atomic E-state index is 12.1. The molecule has 1 saturated heterocycles. The zero-order valence-corrected chi connectivity index (χ0v) is 13.5. The van der Waals surface area contributed by atoms with E-state index in [2.05, 4.69) is 20.4 Å². The van der Waals surface area contributed by atoms with Crippen LogP contribution in [-0.4, -0.2) is 46.9 Å². The minimum Gasteiger partial charge on any atom is -0.472 e. The maximum Gasteiger partial charge on any atom is 0.252 e. The van der Waals surface area contributed by atoms with E-state index in [0.717, 1.165) is 12.8 Å². The second-order valence-electron chi connectivity index (χ2n) is 5.58. The lowest BCUT2D eigenvalue weighted by molar-refractivity contribution is 0.0952. The third-order valence-corrected chi connectivity index (χ3v) is 3.60. The van der Waals surface area contributed by atoms with Crippen LogP contribution in [0.15, 0.2) is 22.9 Å². The zero-order valence-electron chi connectivity index (χ0n) is 13.5. The molecule has 128 valence electrons. The Morgan fingerprint density at radius 1 is 1.46 bits per heavy atom. The minimum atomic E-state index is -0.167. The molecule has 2 aromatic rings. The van der Waals surface area contributed by atoms with Gasteiger partial charge in [0.05, 0.1) is 18.8 Å². The lowest BCUT2D eigenvalue weighted by Gasteiger charge is -2.11. The lowest BCUT2D eigenvalue weighted by atomic mass is 10.2. The molecule has 0 bridgehead atoms. The Bertz CT molecular complexity index is 665. The number of ether oxygens (including phenoxy) is 2. The first-order valence-electron chi connectivity index (χ1n) is 7.98. The number of nitrogens with one attached hydrogen (secondary N) is 1. The van der Waals surface area contributed by atoms with Crippen LogP contribution < -0.4 is 10.1 Å². The van der Waals surface area contributed by atoms with Gasteiger partial charge in [0, 0.05) is 31.6 Å². The summed E-state index contributed by atoms with van der Waals surface area (Å²) in [6.45, 7) is 3.60. The number of nitrogens with zero attached hydrogens (tertiary/aromatic N) is 3. The first-order valence-corrected chi connectivity index (χ1v) is 7.98. The van der Waals surface area contributed by atoms with Gasteiger partial charge in [0.2, 0.25) is 11.8 Å². The smallest absolute Gasteiger partial charge is 0.252 e. The number of aryl methyl sites for hydroxylation is 2. The maximum absolute atomic E-state index is 12.1. The molecule has 8 nitrogen and oxygen atoms in total. The summed E-state index contributed by atoms with van der Waals surface area (Å²) < 4.78 is 15.9. The van der Waals surface area contributed by atoms with E-state index >= 15 is 0 Å². The summed E-state index contributed by atoms with van der Waals surface area (Å²) in [7, 11) is 0. The molecule has 1 aliphatic rings. The highest BCUT2D eigenvalue weighted by Crippen LogP contribution is 2.14. The molecule has 1 atom stereocenters.